The highest BCUT2D eigenvalue weighted by atomic mass is 35.5. The maximum atomic E-state index is 11.4. The average molecular weight is 255 g/mol. The summed E-state index contributed by atoms with van der Waals surface area (Å²) < 4.78 is 4.64. The number of nitrogen functional groups attached to an aromatic ring is 1. The Morgan fingerprint density at radius 1 is 1.59 bits per heavy atom. The lowest BCUT2D eigenvalue weighted by atomic mass is 10.1. The fraction of sp³-hybridized carbons (Fsp3) is 0.250. The molecule has 0 heterocycles. The number of halogens is 1. The summed E-state index contributed by atoms with van der Waals surface area (Å²) in [6.07, 6.45) is 3.73. The number of nitrogens with two attached hydrogens (primary N) is 1. The molecule has 0 amide bonds. The van der Waals surface area contributed by atoms with Crippen molar-refractivity contribution >= 4 is 29.3 Å². The summed E-state index contributed by atoms with van der Waals surface area (Å²) in [5.74, 6) is -0.470. The molecule has 0 aromatic heterocycles. The van der Waals surface area contributed by atoms with E-state index in [1.807, 2.05) is 19.2 Å². The second-order valence-corrected chi connectivity index (χ2v) is 3.82. The SMILES string of the molecule is CNCC=Cc1cc(C(=O)OC)c(N)cc1Cl. The van der Waals surface area contributed by atoms with E-state index in [2.05, 4.69) is 10.1 Å². The van der Waals surface area contributed by atoms with Crippen LogP contribution in [0.5, 0.6) is 0 Å². The summed E-state index contributed by atoms with van der Waals surface area (Å²) in [7, 11) is 3.15. The minimum absolute atomic E-state index is 0.313. The largest absolute Gasteiger partial charge is 0.465 e. The third-order valence-electron chi connectivity index (χ3n) is 2.19. The van der Waals surface area contributed by atoms with Crippen LogP contribution in [-0.4, -0.2) is 26.7 Å². The van der Waals surface area contributed by atoms with Crippen LogP contribution in [0.15, 0.2) is 18.2 Å². The first-order chi connectivity index (χ1) is 8.10. The fourth-order valence-corrected chi connectivity index (χ4v) is 1.56. The topological polar surface area (TPSA) is 64.3 Å². The van der Waals surface area contributed by atoms with Gasteiger partial charge in [-0.15, -0.1) is 0 Å². The van der Waals surface area contributed by atoms with Gasteiger partial charge in [0.25, 0.3) is 0 Å². The van der Waals surface area contributed by atoms with E-state index in [4.69, 9.17) is 17.3 Å². The van der Waals surface area contributed by atoms with E-state index in [9.17, 15) is 4.79 Å². The van der Waals surface area contributed by atoms with Gasteiger partial charge in [-0.3, -0.25) is 0 Å². The summed E-state index contributed by atoms with van der Waals surface area (Å²) in [6, 6.07) is 3.17. The highest BCUT2D eigenvalue weighted by Crippen LogP contribution is 2.25. The maximum absolute atomic E-state index is 11.4. The summed E-state index contributed by atoms with van der Waals surface area (Å²) in [4.78, 5) is 11.4. The molecular formula is C12H15ClN2O2. The predicted molar refractivity (Wildman–Crippen MR) is 70.2 cm³/mol. The predicted octanol–water partition coefficient (Wildman–Crippen LogP) is 1.94. The van der Waals surface area contributed by atoms with Gasteiger partial charge in [0.05, 0.1) is 12.7 Å². The number of anilines is 1. The molecule has 0 saturated heterocycles. The molecular weight excluding hydrogens is 240 g/mol. The van der Waals surface area contributed by atoms with Crippen LogP contribution in [0, 0.1) is 0 Å². The Bertz CT molecular complexity index is 444. The van der Waals surface area contributed by atoms with E-state index in [1.165, 1.54) is 7.11 Å². The lowest BCUT2D eigenvalue weighted by Crippen LogP contribution is -2.06. The number of likely N-dealkylation sites (N-methyl/N-ethyl adjacent to an activating group) is 1. The van der Waals surface area contributed by atoms with Crippen LogP contribution in [-0.2, 0) is 4.74 Å². The van der Waals surface area contributed by atoms with E-state index in [0.717, 1.165) is 5.56 Å². The maximum Gasteiger partial charge on any atom is 0.339 e. The third-order valence-corrected chi connectivity index (χ3v) is 2.52. The zero-order valence-electron chi connectivity index (χ0n) is 9.79. The molecule has 4 nitrogen and oxygen atoms in total. The molecule has 0 aliphatic carbocycles. The molecule has 17 heavy (non-hydrogen) atoms. The van der Waals surface area contributed by atoms with E-state index >= 15 is 0 Å². The number of ether oxygens (including phenoxy) is 1. The van der Waals surface area contributed by atoms with Gasteiger partial charge in [-0.05, 0) is 24.7 Å². The second kappa shape index (κ2) is 6.27. The number of carbonyl (C=O) groups is 1. The van der Waals surface area contributed by atoms with Crippen LogP contribution < -0.4 is 11.1 Å². The van der Waals surface area contributed by atoms with Gasteiger partial charge in [0, 0.05) is 17.3 Å². The normalized spacial score (nSPS) is 10.8. The first kappa shape index (κ1) is 13.5. The van der Waals surface area contributed by atoms with Crippen molar-refractivity contribution in [3.63, 3.8) is 0 Å². The Labute approximate surface area is 105 Å². The van der Waals surface area contributed by atoms with Gasteiger partial charge in [-0.1, -0.05) is 23.8 Å². The van der Waals surface area contributed by atoms with Crippen molar-refractivity contribution < 1.29 is 9.53 Å². The van der Waals surface area contributed by atoms with Crippen molar-refractivity contribution in [1.82, 2.24) is 5.32 Å². The van der Waals surface area contributed by atoms with Crippen LogP contribution in [0.3, 0.4) is 0 Å². The van der Waals surface area contributed by atoms with Crippen LogP contribution >= 0.6 is 11.6 Å². The molecule has 0 fully saturated rings. The molecule has 1 aromatic carbocycles. The quantitative estimate of drug-likeness (QED) is 0.637. The zero-order valence-corrected chi connectivity index (χ0v) is 10.5. The average Bonchev–Trinajstić information content (AvgIpc) is 2.31. The molecule has 0 bridgehead atoms. The lowest BCUT2D eigenvalue weighted by molar-refractivity contribution is 0.0602. The molecule has 0 aliphatic heterocycles. The smallest absolute Gasteiger partial charge is 0.339 e. The summed E-state index contributed by atoms with van der Waals surface area (Å²) in [5.41, 5.74) is 7.07. The molecule has 1 aromatic rings. The van der Waals surface area contributed by atoms with Crippen molar-refractivity contribution in [3.8, 4) is 0 Å². The number of carbonyl (C=O) groups excluding carboxylic acids is 1. The van der Waals surface area contributed by atoms with Crippen LogP contribution in [0.2, 0.25) is 5.02 Å². The molecule has 1 rings (SSSR count). The van der Waals surface area contributed by atoms with E-state index in [-0.39, 0.29) is 0 Å². The number of hydrogen-bond donors (Lipinski definition) is 2. The minimum Gasteiger partial charge on any atom is -0.465 e. The Kier molecular flexibility index (Phi) is 5.00. The molecule has 0 atom stereocenters. The number of hydrogen-bond acceptors (Lipinski definition) is 4. The van der Waals surface area contributed by atoms with Crippen molar-refractivity contribution in [2.24, 2.45) is 0 Å². The molecule has 5 heteroatoms. The second-order valence-electron chi connectivity index (χ2n) is 3.41. The molecule has 0 radical (unpaired) electrons. The van der Waals surface area contributed by atoms with Gasteiger partial charge in [0.1, 0.15) is 0 Å². The van der Waals surface area contributed by atoms with E-state index in [1.54, 1.807) is 12.1 Å². The van der Waals surface area contributed by atoms with Crippen molar-refractivity contribution in [3.05, 3.63) is 34.4 Å². The van der Waals surface area contributed by atoms with Crippen molar-refractivity contribution in [1.29, 1.82) is 0 Å². The van der Waals surface area contributed by atoms with Crippen molar-refractivity contribution in [2.75, 3.05) is 26.4 Å². The highest BCUT2D eigenvalue weighted by Gasteiger charge is 2.12. The van der Waals surface area contributed by atoms with E-state index in [0.29, 0.717) is 22.8 Å². The monoisotopic (exact) mass is 254 g/mol. The fourth-order valence-electron chi connectivity index (χ4n) is 1.32. The summed E-state index contributed by atoms with van der Waals surface area (Å²) >= 11 is 6.02. The molecule has 92 valence electrons. The van der Waals surface area contributed by atoms with Crippen molar-refractivity contribution in [2.45, 2.75) is 0 Å². The van der Waals surface area contributed by atoms with Crippen LogP contribution in [0.25, 0.3) is 6.08 Å². The number of rotatable bonds is 4. The Hall–Kier alpha value is -1.52. The molecule has 0 saturated carbocycles. The number of nitrogens with one attached hydrogen (secondary N) is 1. The van der Waals surface area contributed by atoms with Crippen LogP contribution in [0.1, 0.15) is 15.9 Å². The van der Waals surface area contributed by atoms with Gasteiger partial charge in [-0.2, -0.15) is 0 Å². The lowest BCUT2D eigenvalue weighted by Gasteiger charge is -2.07. The van der Waals surface area contributed by atoms with Gasteiger partial charge in [-0.25, -0.2) is 4.79 Å². The Morgan fingerprint density at radius 3 is 2.88 bits per heavy atom. The van der Waals surface area contributed by atoms with E-state index < -0.39 is 5.97 Å². The first-order valence-electron chi connectivity index (χ1n) is 5.08. The van der Waals surface area contributed by atoms with Gasteiger partial charge >= 0.3 is 5.97 Å². The highest BCUT2D eigenvalue weighted by molar-refractivity contribution is 6.32. The minimum atomic E-state index is -0.470. The summed E-state index contributed by atoms with van der Waals surface area (Å²) in [5, 5.41) is 3.47. The molecule has 0 spiro atoms. The standard InChI is InChI=1S/C12H15ClN2O2/c1-15-5-3-4-8-6-9(12(16)17-2)11(14)7-10(8)13/h3-4,6-7,15H,5,14H2,1-2H3. The number of esters is 1. The number of benzene rings is 1. The Morgan fingerprint density at radius 2 is 2.29 bits per heavy atom. The first-order valence-corrected chi connectivity index (χ1v) is 5.46. The number of methoxy groups -OCH3 is 1. The molecule has 3 N–H and O–H groups in total. The van der Waals surface area contributed by atoms with Crippen LogP contribution in [0.4, 0.5) is 5.69 Å². The Balaban J connectivity index is 3.10. The molecule has 0 aliphatic rings. The van der Waals surface area contributed by atoms with Gasteiger partial charge in [0.2, 0.25) is 0 Å². The molecule has 0 unspecified atom stereocenters. The van der Waals surface area contributed by atoms with Gasteiger partial charge in [0.15, 0.2) is 0 Å². The van der Waals surface area contributed by atoms with Gasteiger partial charge < -0.3 is 15.8 Å². The summed E-state index contributed by atoms with van der Waals surface area (Å²) in [6.45, 7) is 0.717. The zero-order chi connectivity index (χ0) is 12.8. The third kappa shape index (κ3) is 3.47.